The maximum atomic E-state index is 11.6. The Balaban J connectivity index is 0.000000422. The SMILES string of the molecule is CCC(=O)O.CCCCCCc1cc2c(cc1C)C(=O)CC2. The van der Waals surface area contributed by atoms with Crippen molar-refractivity contribution in [2.45, 2.75) is 72.1 Å². The van der Waals surface area contributed by atoms with Crippen LogP contribution < -0.4 is 0 Å². The zero-order valence-electron chi connectivity index (χ0n) is 14.1. The second-order valence-corrected chi connectivity index (χ2v) is 5.92. The van der Waals surface area contributed by atoms with Crippen LogP contribution in [0.2, 0.25) is 0 Å². The molecule has 22 heavy (non-hydrogen) atoms. The summed E-state index contributed by atoms with van der Waals surface area (Å²) in [5, 5.41) is 7.72. The molecule has 0 unspecified atom stereocenters. The Bertz CT molecular complexity index is 518. The number of carbonyl (C=O) groups excluding carboxylic acids is 1. The van der Waals surface area contributed by atoms with Gasteiger partial charge in [-0.15, -0.1) is 0 Å². The maximum Gasteiger partial charge on any atom is 0.303 e. The second-order valence-electron chi connectivity index (χ2n) is 5.92. The smallest absolute Gasteiger partial charge is 0.303 e. The van der Waals surface area contributed by atoms with Crippen molar-refractivity contribution in [3.63, 3.8) is 0 Å². The van der Waals surface area contributed by atoms with Crippen LogP contribution in [0.3, 0.4) is 0 Å². The van der Waals surface area contributed by atoms with Crippen LogP contribution in [0, 0.1) is 6.92 Å². The van der Waals surface area contributed by atoms with Gasteiger partial charge in [0.25, 0.3) is 0 Å². The van der Waals surface area contributed by atoms with Gasteiger partial charge in [-0.05, 0) is 48.9 Å². The summed E-state index contributed by atoms with van der Waals surface area (Å²) in [6, 6.07) is 4.39. The largest absolute Gasteiger partial charge is 0.481 e. The fraction of sp³-hybridized carbons (Fsp3) is 0.579. The number of carboxylic acid groups (broad SMARTS) is 1. The van der Waals surface area contributed by atoms with E-state index in [0.717, 1.165) is 12.0 Å². The number of Topliss-reactive ketones (excluding diaryl/α,β-unsaturated/α-hetero) is 1. The lowest BCUT2D eigenvalue weighted by Gasteiger charge is -2.08. The number of fused-ring (bicyclic) bond motifs is 1. The molecular formula is C19H28O3. The Morgan fingerprint density at radius 1 is 1.14 bits per heavy atom. The van der Waals surface area contributed by atoms with Crippen LogP contribution in [-0.2, 0) is 17.6 Å². The van der Waals surface area contributed by atoms with Gasteiger partial charge in [-0.3, -0.25) is 9.59 Å². The summed E-state index contributed by atoms with van der Waals surface area (Å²) in [6.07, 6.45) is 8.30. The summed E-state index contributed by atoms with van der Waals surface area (Å²) in [4.78, 5) is 21.0. The summed E-state index contributed by atoms with van der Waals surface area (Å²) in [7, 11) is 0. The highest BCUT2D eigenvalue weighted by Gasteiger charge is 2.20. The minimum Gasteiger partial charge on any atom is -0.481 e. The molecule has 3 nitrogen and oxygen atoms in total. The van der Waals surface area contributed by atoms with Gasteiger partial charge in [-0.1, -0.05) is 39.2 Å². The van der Waals surface area contributed by atoms with E-state index in [1.165, 1.54) is 48.8 Å². The van der Waals surface area contributed by atoms with E-state index in [4.69, 9.17) is 5.11 Å². The maximum absolute atomic E-state index is 11.6. The lowest BCUT2D eigenvalue weighted by atomic mass is 9.96. The van der Waals surface area contributed by atoms with Gasteiger partial charge >= 0.3 is 5.97 Å². The Kier molecular flexibility index (Phi) is 7.86. The van der Waals surface area contributed by atoms with Gasteiger partial charge in [0.05, 0.1) is 0 Å². The van der Waals surface area contributed by atoms with Crippen molar-refractivity contribution >= 4 is 11.8 Å². The number of carboxylic acids is 1. The first-order valence-electron chi connectivity index (χ1n) is 8.36. The monoisotopic (exact) mass is 304 g/mol. The first kappa shape index (κ1) is 18.4. The molecule has 1 N–H and O–H groups in total. The molecule has 0 saturated carbocycles. The molecule has 0 spiro atoms. The molecule has 0 fully saturated rings. The fourth-order valence-corrected chi connectivity index (χ4v) is 2.66. The van der Waals surface area contributed by atoms with Gasteiger partial charge in [-0.25, -0.2) is 0 Å². The van der Waals surface area contributed by atoms with Crippen LogP contribution in [0.5, 0.6) is 0 Å². The zero-order chi connectivity index (χ0) is 16.5. The molecule has 1 aromatic rings. The number of unbranched alkanes of at least 4 members (excludes halogenated alkanes) is 3. The van der Waals surface area contributed by atoms with Gasteiger partial charge in [-0.2, -0.15) is 0 Å². The molecule has 0 bridgehead atoms. The number of aliphatic carboxylic acids is 1. The van der Waals surface area contributed by atoms with Gasteiger partial charge in [0, 0.05) is 18.4 Å². The minimum absolute atomic E-state index is 0.222. The highest BCUT2D eigenvalue weighted by atomic mass is 16.4. The highest BCUT2D eigenvalue weighted by Crippen LogP contribution is 2.26. The molecular weight excluding hydrogens is 276 g/mol. The van der Waals surface area contributed by atoms with E-state index in [2.05, 4.69) is 26.0 Å². The van der Waals surface area contributed by atoms with Crippen molar-refractivity contribution < 1.29 is 14.7 Å². The van der Waals surface area contributed by atoms with Gasteiger partial charge in [0.2, 0.25) is 0 Å². The highest BCUT2D eigenvalue weighted by molar-refractivity contribution is 6.00. The Morgan fingerprint density at radius 3 is 2.41 bits per heavy atom. The molecule has 1 aliphatic rings. The molecule has 0 heterocycles. The summed E-state index contributed by atoms with van der Waals surface area (Å²) in [5.41, 5.74) is 5.02. The third-order valence-corrected chi connectivity index (χ3v) is 4.09. The van der Waals surface area contributed by atoms with Crippen molar-refractivity contribution in [1.82, 2.24) is 0 Å². The van der Waals surface area contributed by atoms with Crippen molar-refractivity contribution in [2.75, 3.05) is 0 Å². The number of rotatable bonds is 6. The predicted molar refractivity (Wildman–Crippen MR) is 89.6 cm³/mol. The summed E-state index contributed by atoms with van der Waals surface area (Å²) < 4.78 is 0. The quantitative estimate of drug-likeness (QED) is 0.773. The summed E-state index contributed by atoms with van der Waals surface area (Å²) in [5.74, 6) is -0.411. The van der Waals surface area contributed by atoms with E-state index in [1.807, 2.05) is 0 Å². The average Bonchev–Trinajstić information content (AvgIpc) is 2.85. The van der Waals surface area contributed by atoms with Crippen molar-refractivity contribution in [2.24, 2.45) is 0 Å². The molecule has 0 aromatic heterocycles. The number of aryl methyl sites for hydroxylation is 3. The lowest BCUT2D eigenvalue weighted by Crippen LogP contribution is -1.97. The van der Waals surface area contributed by atoms with E-state index in [-0.39, 0.29) is 6.42 Å². The minimum atomic E-state index is -0.745. The van der Waals surface area contributed by atoms with Crippen LogP contribution in [0.1, 0.15) is 79.4 Å². The topological polar surface area (TPSA) is 54.4 Å². The average molecular weight is 304 g/mol. The van der Waals surface area contributed by atoms with Crippen LogP contribution in [0.25, 0.3) is 0 Å². The van der Waals surface area contributed by atoms with Crippen molar-refractivity contribution in [1.29, 1.82) is 0 Å². The number of carbonyl (C=O) groups is 2. The van der Waals surface area contributed by atoms with E-state index >= 15 is 0 Å². The number of hydrogen-bond acceptors (Lipinski definition) is 2. The second kappa shape index (κ2) is 9.39. The Morgan fingerprint density at radius 2 is 1.82 bits per heavy atom. The molecule has 1 aromatic carbocycles. The Hall–Kier alpha value is -1.64. The van der Waals surface area contributed by atoms with Crippen LogP contribution in [0.4, 0.5) is 0 Å². The first-order valence-corrected chi connectivity index (χ1v) is 8.36. The lowest BCUT2D eigenvalue weighted by molar-refractivity contribution is -0.136. The van der Waals surface area contributed by atoms with Crippen LogP contribution >= 0.6 is 0 Å². The molecule has 0 aliphatic heterocycles. The standard InChI is InChI=1S/C16H22O.C3H6O2/c1-3-4-5-6-7-13-11-14-8-9-16(17)15(14)10-12(13)2;1-2-3(4)5/h10-11H,3-9H2,1-2H3;2H2,1H3,(H,4,5). The molecule has 0 amide bonds. The molecule has 0 saturated heterocycles. The molecule has 0 radical (unpaired) electrons. The molecule has 0 atom stereocenters. The van der Waals surface area contributed by atoms with Gasteiger partial charge in [0.15, 0.2) is 5.78 Å². The number of benzene rings is 1. The van der Waals surface area contributed by atoms with Gasteiger partial charge in [0.1, 0.15) is 0 Å². The third-order valence-electron chi connectivity index (χ3n) is 4.09. The first-order chi connectivity index (χ1) is 10.5. The van der Waals surface area contributed by atoms with E-state index in [1.54, 1.807) is 6.92 Å². The van der Waals surface area contributed by atoms with Crippen LogP contribution in [0.15, 0.2) is 12.1 Å². The number of hydrogen-bond donors (Lipinski definition) is 1. The third kappa shape index (κ3) is 5.63. The zero-order valence-corrected chi connectivity index (χ0v) is 14.1. The molecule has 1 aliphatic carbocycles. The molecule has 122 valence electrons. The molecule has 2 rings (SSSR count). The van der Waals surface area contributed by atoms with Gasteiger partial charge < -0.3 is 5.11 Å². The van der Waals surface area contributed by atoms with E-state index < -0.39 is 5.97 Å². The number of ketones is 1. The Labute approximate surface area is 133 Å². The summed E-state index contributed by atoms with van der Waals surface area (Å²) >= 11 is 0. The van der Waals surface area contributed by atoms with E-state index in [9.17, 15) is 9.59 Å². The molecule has 3 heteroatoms. The van der Waals surface area contributed by atoms with E-state index in [0.29, 0.717) is 12.2 Å². The summed E-state index contributed by atoms with van der Waals surface area (Å²) in [6.45, 7) is 5.98. The fourth-order valence-electron chi connectivity index (χ4n) is 2.66. The van der Waals surface area contributed by atoms with Crippen LogP contribution in [-0.4, -0.2) is 16.9 Å². The van der Waals surface area contributed by atoms with Crippen molar-refractivity contribution in [3.05, 3.63) is 34.4 Å². The predicted octanol–water partition coefficient (Wildman–Crippen LogP) is 4.73. The normalized spacial score (nSPS) is 12.6. The van der Waals surface area contributed by atoms with Crippen molar-refractivity contribution in [3.8, 4) is 0 Å².